The molecule has 33 heavy (non-hydrogen) atoms. The molecule has 0 saturated heterocycles. The van der Waals surface area contributed by atoms with Gasteiger partial charge in [-0.25, -0.2) is 9.78 Å². The van der Waals surface area contributed by atoms with E-state index in [4.69, 9.17) is 32.7 Å². The van der Waals surface area contributed by atoms with E-state index in [1.165, 1.54) is 13.2 Å². The largest absolute Gasteiger partial charge is 0.487 e. The highest BCUT2D eigenvalue weighted by Gasteiger charge is 2.17. The normalized spacial score (nSPS) is 11.5. The average molecular weight is 478 g/mol. The second-order valence-electron chi connectivity index (χ2n) is 7.40. The van der Waals surface area contributed by atoms with Gasteiger partial charge in [0.1, 0.15) is 17.9 Å². The summed E-state index contributed by atoms with van der Waals surface area (Å²) >= 11 is 13.3. The average Bonchev–Trinajstić information content (AvgIpc) is 2.83. The van der Waals surface area contributed by atoms with E-state index in [0.29, 0.717) is 32.5 Å². The van der Waals surface area contributed by atoms with Gasteiger partial charge in [0, 0.05) is 33.3 Å². The molecule has 4 aromatic rings. The Kier molecular flexibility index (Phi) is 6.97. The quantitative estimate of drug-likeness (QED) is 0.220. The third kappa shape index (κ3) is 5.03. The fourth-order valence-corrected chi connectivity index (χ4v) is 4.11. The number of ether oxygens (including phenoxy) is 2. The summed E-state index contributed by atoms with van der Waals surface area (Å²) in [6.07, 6.45) is 1.42. The predicted octanol–water partition coefficient (Wildman–Crippen LogP) is 7.03. The van der Waals surface area contributed by atoms with Crippen molar-refractivity contribution in [2.45, 2.75) is 13.5 Å². The first-order chi connectivity index (χ1) is 16.0. The van der Waals surface area contributed by atoms with Crippen molar-refractivity contribution in [3.63, 3.8) is 0 Å². The van der Waals surface area contributed by atoms with Gasteiger partial charge in [0.05, 0.1) is 12.1 Å². The topological polar surface area (TPSA) is 48.4 Å². The van der Waals surface area contributed by atoms with Crippen LogP contribution in [-0.4, -0.2) is 18.1 Å². The van der Waals surface area contributed by atoms with Crippen molar-refractivity contribution < 1.29 is 14.3 Å². The van der Waals surface area contributed by atoms with Gasteiger partial charge in [-0.05, 0) is 36.3 Å². The molecular formula is C27H21Cl2NO3. The van der Waals surface area contributed by atoms with Gasteiger partial charge in [-0.3, -0.25) is 0 Å². The first-order valence-electron chi connectivity index (χ1n) is 10.3. The summed E-state index contributed by atoms with van der Waals surface area (Å²) in [5.74, 6) is 0.164. The minimum Gasteiger partial charge on any atom is -0.487 e. The summed E-state index contributed by atoms with van der Waals surface area (Å²) in [6.45, 7) is 2.08. The van der Waals surface area contributed by atoms with Gasteiger partial charge in [-0.2, -0.15) is 0 Å². The number of carbonyl (C=O) groups excluding carboxylic acids is 1. The third-order valence-corrected chi connectivity index (χ3v) is 6.00. The molecule has 0 aliphatic heterocycles. The highest BCUT2D eigenvalue weighted by molar-refractivity contribution is 6.37. The van der Waals surface area contributed by atoms with Crippen molar-refractivity contribution in [2.24, 2.45) is 0 Å². The molecule has 1 heterocycles. The Morgan fingerprint density at radius 1 is 0.970 bits per heavy atom. The number of rotatable bonds is 6. The highest BCUT2D eigenvalue weighted by atomic mass is 35.5. The summed E-state index contributed by atoms with van der Waals surface area (Å²) in [4.78, 5) is 16.7. The van der Waals surface area contributed by atoms with Gasteiger partial charge in [-0.15, -0.1) is 0 Å². The molecule has 3 aromatic carbocycles. The monoisotopic (exact) mass is 477 g/mol. The van der Waals surface area contributed by atoms with E-state index in [2.05, 4.69) is 4.98 Å². The standard InChI is InChI=1S/C27H21Cl2NO3/c1-17-11-12-19-9-6-10-24(27(19)30-17)33-16-22-23(28)14-13-20(26(22)29)21(15-25(31)32-2)18-7-4-3-5-8-18/h3-15H,16H2,1-2H3/b21-15+. The van der Waals surface area contributed by atoms with Crippen LogP contribution in [-0.2, 0) is 16.1 Å². The van der Waals surface area contributed by atoms with Crippen molar-refractivity contribution in [2.75, 3.05) is 7.11 Å². The van der Waals surface area contributed by atoms with E-state index in [1.807, 2.05) is 67.6 Å². The Bertz CT molecular complexity index is 1350. The highest BCUT2D eigenvalue weighted by Crippen LogP contribution is 2.36. The number of benzene rings is 3. The Morgan fingerprint density at radius 2 is 1.76 bits per heavy atom. The van der Waals surface area contributed by atoms with Gasteiger partial charge >= 0.3 is 5.97 Å². The number of esters is 1. The molecule has 0 spiro atoms. The Balaban J connectivity index is 1.74. The summed E-state index contributed by atoms with van der Waals surface area (Å²) < 4.78 is 11.0. The lowest BCUT2D eigenvalue weighted by Gasteiger charge is -2.16. The van der Waals surface area contributed by atoms with Crippen LogP contribution >= 0.6 is 23.2 Å². The van der Waals surface area contributed by atoms with Crippen LogP contribution in [0.25, 0.3) is 16.5 Å². The lowest BCUT2D eigenvalue weighted by Crippen LogP contribution is -2.03. The molecule has 6 heteroatoms. The smallest absolute Gasteiger partial charge is 0.331 e. The van der Waals surface area contributed by atoms with E-state index in [9.17, 15) is 4.79 Å². The van der Waals surface area contributed by atoms with E-state index in [1.54, 1.807) is 12.1 Å². The second kappa shape index (κ2) is 10.1. The number of para-hydroxylation sites is 1. The van der Waals surface area contributed by atoms with Crippen LogP contribution in [0.5, 0.6) is 5.75 Å². The molecule has 166 valence electrons. The Hall–Kier alpha value is -3.34. The molecule has 0 aliphatic rings. The third-order valence-electron chi connectivity index (χ3n) is 5.22. The molecule has 0 unspecified atom stereocenters. The van der Waals surface area contributed by atoms with Crippen LogP contribution in [0.1, 0.15) is 22.4 Å². The van der Waals surface area contributed by atoms with E-state index < -0.39 is 5.97 Å². The molecule has 1 aromatic heterocycles. The summed E-state index contributed by atoms with van der Waals surface area (Å²) in [5, 5.41) is 1.86. The zero-order chi connectivity index (χ0) is 23.4. The van der Waals surface area contributed by atoms with Crippen molar-refractivity contribution in [1.82, 2.24) is 4.98 Å². The fourth-order valence-electron chi connectivity index (χ4n) is 3.53. The lowest BCUT2D eigenvalue weighted by molar-refractivity contribution is -0.134. The minimum absolute atomic E-state index is 0.139. The van der Waals surface area contributed by atoms with Gasteiger partial charge < -0.3 is 9.47 Å². The molecule has 4 nitrogen and oxygen atoms in total. The number of nitrogens with zero attached hydrogens (tertiary/aromatic N) is 1. The fraction of sp³-hybridized carbons (Fsp3) is 0.111. The van der Waals surface area contributed by atoms with Gasteiger partial charge in [0.15, 0.2) is 0 Å². The van der Waals surface area contributed by atoms with Crippen LogP contribution in [0, 0.1) is 6.92 Å². The van der Waals surface area contributed by atoms with Crippen LogP contribution in [0.2, 0.25) is 10.0 Å². The van der Waals surface area contributed by atoms with Crippen LogP contribution < -0.4 is 4.74 Å². The number of hydrogen-bond donors (Lipinski definition) is 0. The van der Waals surface area contributed by atoms with Gasteiger partial charge in [0.25, 0.3) is 0 Å². The minimum atomic E-state index is -0.477. The summed E-state index contributed by atoms with van der Waals surface area (Å²) in [7, 11) is 1.34. The first-order valence-corrected chi connectivity index (χ1v) is 11.0. The SMILES string of the molecule is COC(=O)/C=C(\c1ccccc1)c1ccc(Cl)c(COc2cccc3ccc(C)nc23)c1Cl. The Morgan fingerprint density at radius 3 is 2.52 bits per heavy atom. The van der Waals surface area contributed by atoms with Crippen molar-refractivity contribution in [1.29, 1.82) is 0 Å². The van der Waals surface area contributed by atoms with Crippen molar-refractivity contribution >= 4 is 45.6 Å². The molecule has 0 radical (unpaired) electrons. The van der Waals surface area contributed by atoms with Crippen molar-refractivity contribution in [3.05, 3.63) is 111 Å². The molecule has 0 bridgehead atoms. The van der Waals surface area contributed by atoms with Gasteiger partial charge in [-0.1, -0.05) is 77.8 Å². The summed E-state index contributed by atoms with van der Waals surface area (Å²) in [6, 6.07) is 22.8. The molecule has 4 rings (SSSR count). The molecule has 0 amide bonds. The number of aromatic nitrogens is 1. The van der Waals surface area contributed by atoms with E-state index in [-0.39, 0.29) is 6.61 Å². The molecular weight excluding hydrogens is 457 g/mol. The van der Waals surface area contributed by atoms with Crippen LogP contribution in [0.4, 0.5) is 0 Å². The second-order valence-corrected chi connectivity index (χ2v) is 8.19. The Labute approximate surface area is 202 Å². The number of pyridine rings is 1. The number of halogens is 2. The maximum atomic E-state index is 12.1. The maximum Gasteiger partial charge on any atom is 0.331 e. The molecule has 0 aliphatic carbocycles. The number of fused-ring (bicyclic) bond motifs is 1. The maximum absolute atomic E-state index is 12.1. The number of carbonyl (C=O) groups is 1. The molecule has 0 fully saturated rings. The lowest BCUT2D eigenvalue weighted by atomic mass is 9.96. The van der Waals surface area contributed by atoms with Crippen LogP contribution in [0.15, 0.2) is 78.9 Å². The zero-order valence-electron chi connectivity index (χ0n) is 18.1. The first kappa shape index (κ1) is 22.8. The summed E-state index contributed by atoms with van der Waals surface area (Å²) in [5.41, 5.74) is 4.41. The number of aryl methyl sites for hydroxylation is 1. The van der Waals surface area contributed by atoms with Crippen LogP contribution in [0.3, 0.4) is 0 Å². The molecule has 0 N–H and O–H groups in total. The molecule has 0 saturated carbocycles. The number of hydrogen-bond acceptors (Lipinski definition) is 4. The molecule has 0 atom stereocenters. The predicted molar refractivity (Wildman–Crippen MR) is 133 cm³/mol. The van der Waals surface area contributed by atoms with Gasteiger partial charge in [0.2, 0.25) is 0 Å². The van der Waals surface area contributed by atoms with E-state index in [0.717, 1.165) is 22.2 Å². The van der Waals surface area contributed by atoms with Crippen molar-refractivity contribution in [3.8, 4) is 5.75 Å². The van der Waals surface area contributed by atoms with E-state index >= 15 is 0 Å². The zero-order valence-corrected chi connectivity index (χ0v) is 19.7. The number of methoxy groups -OCH3 is 1.